The van der Waals surface area contributed by atoms with Crippen molar-refractivity contribution in [1.82, 2.24) is 9.97 Å². The van der Waals surface area contributed by atoms with Crippen LogP contribution in [-0.4, -0.2) is 18.4 Å². The third-order valence-electron chi connectivity index (χ3n) is 2.93. The molecule has 3 aromatic rings. The van der Waals surface area contributed by atoms with Gasteiger partial charge in [0.1, 0.15) is 4.90 Å². The average molecular weight is 405 g/mol. The average Bonchev–Trinajstić information content (AvgIpc) is 2.85. The Morgan fingerprint density at radius 3 is 2.82 bits per heavy atom. The number of fused-ring (bicyclic) bond motifs is 1. The molecule has 2 aromatic heterocycles. The summed E-state index contributed by atoms with van der Waals surface area (Å²) >= 11 is 8.90. The van der Waals surface area contributed by atoms with Crippen molar-refractivity contribution in [3.8, 4) is 0 Å². The largest absolute Gasteiger partial charge is 0.360 e. The molecule has 0 saturated heterocycles. The molecule has 0 aliphatic carbocycles. The molecule has 1 aromatic carbocycles. The Labute approximate surface area is 138 Å². The number of hydrogen-bond donors (Lipinski definition) is 2. The summed E-state index contributed by atoms with van der Waals surface area (Å²) < 4.78 is 41.5. The van der Waals surface area contributed by atoms with Gasteiger partial charge in [-0.2, -0.15) is 0 Å². The lowest BCUT2D eigenvalue weighted by atomic mass is 10.2. The Bertz CT molecular complexity index is 975. The molecule has 9 heteroatoms. The van der Waals surface area contributed by atoms with E-state index < -0.39 is 21.7 Å². The Kier molecular flexibility index (Phi) is 3.84. The van der Waals surface area contributed by atoms with Crippen LogP contribution in [0.5, 0.6) is 0 Å². The molecule has 22 heavy (non-hydrogen) atoms. The van der Waals surface area contributed by atoms with Crippen LogP contribution in [-0.2, 0) is 10.0 Å². The first-order valence-electron chi connectivity index (χ1n) is 5.97. The first-order chi connectivity index (χ1) is 10.4. The van der Waals surface area contributed by atoms with Gasteiger partial charge < -0.3 is 4.98 Å². The number of H-pyrrole nitrogens is 1. The monoisotopic (exact) mass is 403 g/mol. The minimum absolute atomic E-state index is 0.00569. The van der Waals surface area contributed by atoms with Crippen LogP contribution in [0.25, 0.3) is 10.9 Å². The van der Waals surface area contributed by atoms with Crippen molar-refractivity contribution in [2.45, 2.75) is 4.90 Å². The Hall–Kier alpha value is -1.64. The molecule has 0 aliphatic rings. The fraction of sp³-hybridized carbons (Fsp3) is 0. The summed E-state index contributed by atoms with van der Waals surface area (Å²) in [7, 11) is -3.99. The first kappa shape index (κ1) is 15.3. The molecule has 3 rings (SSSR count). The summed E-state index contributed by atoms with van der Waals surface area (Å²) in [5.41, 5.74) is 0.638. The van der Waals surface area contributed by atoms with E-state index in [1.165, 1.54) is 6.20 Å². The van der Waals surface area contributed by atoms with Crippen LogP contribution < -0.4 is 4.72 Å². The zero-order chi connectivity index (χ0) is 15.9. The Balaban J connectivity index is 2.05. The molecular weight excluding hydrogens is 397 g/mol. The van der Waals surface area contributed by atoms with Gasteiger partial charge in [0.25, 0.3) is 10.0 Å². The summed E-state index contributed by atoms with van der Waals surface area (Å²) in [5, 5.41) is 0.572. The quantitative estimate of drug-likeness (QED) is 0.695. The molecule has 5 nitrogen and oxygen atoms in total. The molecule has 0 amide bonds. The molecule has 0 spiro atoms. The molecular formula is C13H8BrClFN3O2S. The summed E-state index contributed by atoms with van der Waals surface area (Å²) in [4.78, 5) is 6.52. The van der Waals surface area contributed by atoms with Crippen LogP contribution >= 0.6 is 27.5 Å². The van der Waals surface area contributed by atoms with E-state index in [1.54, 1.807) is 18.2 Å². The fourth-order valence-corrected chi connectivity index (χ4v) is 3.67. The minimum atomic E-state index is -3.99. The second-order valence-corrected chi connectivity index (χ2v) is 7.44. The molecule has 0 saturated carbocycles. The molecule has 0 unspecified atom stereocenters. The number of pyridine rings is 1. The van der Waals surface area contributed by atoms with E-state index in [4.69, 9.17) is 11.6 Å². The maximum atomic E-state index is 13.7. The van der Waals surface area contributed by atoms with Gasteiger partial charge in [0.2, 0.25) is 0 Å². The normalized spacial score (nSPS) is 11.8. The molecule has 0 bridgehead atoms. The highest BCUT2D eigenvalue weighted by Gasteiger charge is 2.21. The van der Waals surface area contributed by atoms with Gasteiger partial charge in [0, 0.05) is 27.8 Å². The highest BCUT2D eigenvalue weighted by Crippen LogP contribution is 2.27. The molecule has 2 N–H and O–H groups in total. The SMILES string of the molecule is O=S(=O)(Nc1ncc(Cl)cc1F)c1c[nH]c2cc(Br)ccc12. The number of anilines is 1. The predicted molar refractivity (Wildman–Crippen MR) is 86.0 cm³/mol. The van der Waals surface area contributed by atoms with Crippen molar-refractivity contribution in [2.75, 3.05) is 4.72 Å². The maximum absolute atomic E-state index is 13.7. The standard InChI is InChI=1S/C13H8BrClFN3O2S/c14-7-1-2-9-11(3-7)17-6-12(9)22(20,21)19-13-10(16)4-8(15)5-18-13/h1-6,17H,(H,18,19). The van der Waals surface area contributed by atoms with Crippen LogP contribution in [0.15, 0.2) is 46.0 Å². The van der Waals surface area contributed by atoms with Crippen LogP contribution in [0.4, 0.5) is 10.2 Å². The summed E-state index contributed by atoms with van der Waals surface area (Å²) in [5.74, 6) is -1.26. The van der Waals surface area contributed by atoms with Gasteiger partial charge in [-0.05, 0) is 18.2 Å². The topological polar surface area (TPSA) is 74.8 Å². The smallest absolute Gasteiger partial charge is 0.265 e. The van der Waals surface area contributed by atoms with Crippen LogP contribution in [0.2, 0.25) is 5.02 Å². The van der Waals surface area contributed by atoms with E-state index in [9.17, 15) is 12.8 Å². The highest BCUT2D eigenvalue weighted by atomic mass is 79.9. The van der Waals surface area contributed by atoms with Crippen molar-refractivity contribution in [3.63, 3.8) is 0 Å². The molecule has 0 fully saturated rings. The first-order valence-corrected chi connectivity index (χ1v) is 8.63. The third-order valence-corrected chi connectivity index (χ3v) is 5.01. The van der Waals surface area contributed by atoms with Gasteiger partial charge in [-0.15, -0.1) is 0 Å². The second kappa shape index (κ2) is 5.53. The van der Waals surface area contributed by atoms with Gasteiger partial charge >= 0.3 is 0 Å². The zero-order valence-electron chi connectivity index (χ0n) is 10.8. The lowest BCUT2D eigenvalue weighted by Gasteiger charge is -2.07. The number of sulfonamides is 1. The number of hydrogen-bond acceptors (Lipinski definition) is 3. The van der Waals surface area contributed by atoms with E-state index >= 15 is 0 Å². The number of nitrogens with one attached hydrogen (secondary N) is 2. The number of benzene rings is 1. The summed E-state index contributed by atoms with van der Waals surface area (Å²) in [6, 6.07) is 6.10. The molecule has 114 valence electrons. The second-order valence-electron chi connectivity index (χ2n) is 4.43. The number of nitrogens with zero attached hydrogens (tertiary/aromatic N) is 1. The Morgan fingerprint density at radius 2 is 2.09 bits per heavy atom. The van der Waals surface area contributed by atoms with Gasteiger partial charge in [-0.25, -0.2) is 17.8 Å². The van der Waals surface area contributed by atoms with Crippen molar-refractivity contribution >= 4 is 54.3 Å². The summed E-state index contributed by atoms with van der Waals surface area (Å²) in [6.07, 6.45) is 2.50. The predicted octanol–water partition coefficient (Wildman–Crippen LogP) is 3.92. The van der Waals surface area contributed by atoms with E-state index in [0.717, 1.165) is 16.7 Å². The van der Waals surface area contributed by atoms with Crippen molar-refractivity contribution in [3.05, 3.63) is 52.0 Å². The van der Waals surface area contributed by atoms with E-state index in [1.807, 2.05) is 0 Å². The van der Waals surface area contributed by atoms with Crippen LogP contribution in [0.3, 0.4) is 0 Å². The van der Waals surface area contributed by atoms with Crippen molar-refractivity contribution in [2.24, 2.45) is 0 Å². The fourth-order valence-electron chi connectivity index (χ4n) is 1.97. The maximum Gasteiger partial charge on any atom is 0.265 e. The van der Waals surface area contributed by atoms with E-state index in [-0.39, 0.29) is 9.92 Å². The molecule has 0 radical (unpaired) electrons. The van der Waals surface area contributed by atoms with Gasteiger partial charge in [-0.3, -0.25) is 4.72 Å². The number of rotatable bonds is 3. The zero-order valence-corrected chi connectivity index (χ0v) is 13.9. The number of aromatic amines is 1. The van der Waals surface area contributed by atoms with Crippen LogP contribution in [0, 0.1) is 5.82 Å². The lowest BCUT2D eigenvalue weighted by molar-refractivity contribution is 0.598. The number of halogens is 3. The lowest BCUT2D eigenvalue weighted by Crippen LogP contribution is -2.14. The minimum Gasteiger partial charge on any atom is -0.360 e. The number of aromatic nitrogens is 2. The van der Waals surface area contributed by atoms with Gasteiger partial charge in [0.05, 0.1) is 5.02 Å². The molecule has 0 atom stereocenters. The van der Waals surface area contributed by atoms with E-state index in [2.05, 4.69) is 30.6 Å². The van der Waals surface area contributed by atoms with Crippen molar-refractivity contribution in [1.29, 1.82) is 0 Å². The van der Waals surface area contributed by atoms with Crippen LogP contribution in [0.1, 0.15) is 0 Å². The molecule has 2 heterocycles. The van der Waals surface area contributed by atoms with Gasteiger partial charge in [0.15, 0.2) is 11.6 Å². The van der Waals surface area contributed by atoms with Gasteiger partial charge in [-0.1, -0.05) is 33.6 Å². The third kappa shape index (κ3) is 2.81. The van der Waals surface area contributed by atoms with E-state index in [0.29, 0.717) is 10.9 Å². The summed E-state index contributed by atoms with van der Waals surface area (Å²) in [6.45, 7) is 0. The van der Waals surface area contributed by atoms with Crippen molar-refractivity contribution < 1.29 is 12.8 Å². The highest BCUT2D eigenvalue weighted by molar-refractivity contribution is 9.10. The molecule has 0 aliphatic heterocycles. The Morgan fingerprint density at radius 1 is 1.32 bits per heavy atom.